The third-order valence-corrected chi connectivity index (χ3v) is 6.02. The molecule has 184 valence electrons. The van der Waals surface area contributed by atoms with Crippen molar-refractivity contribution in [3.63, 3.8) is 0 Å². The molecule has 5 rings (SSSR count). The van der Waals surface area contributed by atoms with Crippen molar-refractivity contribution in [3.8, 4) is 28.8 Å². The van der Waals surface area contributed by atoms with E-state index in [2.05, 4.69) is 16.2 Å². The Kier molecular flexibility index (Phi) is 6.43. The fourth-order valence-corrected chi connectivity index (χ4v) is 4.12. The maximum Gasteiger partial charge on any atom is 0.246 e. The third kappa shape index (κ3) is 5.06. The smallest absolute Gasteiger partial charge is 0.246 e. The van der Waals surface area contributed by atoms with Crippen molar-refractivity contribution in [2.75, 3.05) is 24.5 Å². The van der Waals surface area contributed by atoms with Gasteiger partial charge in [-0.25, -0.2) is 18.4 Å². The molecule has 0 radical (unpaired) electrons. The van der Waals surface area contributed by atoms with Crippen molar-refractivity contribution in [1.82, 2.24) is 19.7 Å². The standard InChI is InChI=1S/C27H20F2N6O2/c28-21-8-4-19(5-9-21)26-31-27(20-6-10-22(29)11-7-20)35(32-26)17-24(36)33-12-13-34(25(37)16-33)23-3-1-2-18(14-23)15-30/h1-11,14H,12-13,16-17H2. The van der Waals surface area contributed by atoms with E-state index in [0.29, 0.717) is 34.7 Å². The van der Waals surface area contributed by atoms with Crippen LogP contribution in [0.5, 0.6) is 0 Å². The number of amides is 2. The molecule has 0 aliphatic carbocycles. The molecule has 1 aliphatic heterocycles. The van der Waals surface area contributed by atoms with Gasteiger partial charge in [0.2, 0.25) is 11.8 Å². The minimum atomic E-state index is -0.415. The Morgan fingerprint density at radius 2 is 1.62 bits per heavy atom. The van der Waals surface area contributed by atoms with Crippen molar-refractivity contribution in [3.05, 3.63) is 90.0 Å². The monoisotopic (exact) mass is 498 g/mol. The summed E-state index contributed by atoms with van der Waals surface area (Å²) in [5.74, 6) is -0.797. The van der Waals surface area contributed by atoms with E-state index in [1.54, 1.807) is 29.2 Å². The Bertz CT molecular complexity index is 1510. The van der Waals surface area contributed by atoms with Gasteiger partial charge in [0.25, 0.3) is 0 Å². The first kappa shape index (κ1) is 23.8. The van der Waals surface area contributed by atoms with Crippen LogP contribution < -0.4 is 4.90 Å². The number of aromatic nitrogens is 3. The molecular formula is C27H20F2N6O2. The van der Waals surface area contributed by atoms with E-state index in [9.17, 15) is 18.4 Å². The van der Waals surface area contributed by atoms with E-state index in [0.717, 1.165) is 0 Å². The minimum absolute atomic E-state index is 0.124. The average molecular weight is 498 g/mol. The molecule has 0 saturated carbocycles. The highest BCUT2D eigenvalue weighted by Crippen LogP contribution is 2.24. The second-order valence-corrected chi connectivity index (χ2v) is 8.45. The number of rotatable bonds is 5. The number of nitrogens with zero attached hydrogens (tertiary/aromatic N) is 6. The van der Waals surface area contributed by atoms with Crippen LogP contribution in [0.1, 0.15) is 5.56 Å². The van der Waals surface area contributed by atoms with E-state index in [1.807, 2.05) is 0 Å². The predicted molar refractivity (Wildman–Crippen MR) is 131 cm³/mol. The number of halogens is 2. The summed E-state index contributed by atoms with van der Waals surface area (Å²) in [7, 11) is 0. The molecule has 8 nitrogen and oxygen atoms in total. The molecule has 4 aromatic rings. The first-order valence-corrected chi connectivity index (χ1v) is 11.5. The normalized spacial score (nSPS) is 13.5. The number of piperazine rings is 1. The van der Waals surface area contributed by atoms with Gasteiger partial charge < -0.3 is 9.80 Å². The van der Waals surface area contributed by atoms with E-state index in [-0.39, 0.29) is 37.3 Å². The van der Waals surface area contributed by atoms with Gasteiger partial charge in [-0.3, -0.25) is 9.59 Å². The van der Waals surface area contributed by atoms with E-state index in [4.69, 9.17) is 5.26 Å². The summed E-state index contributed by atoms with van der Waals surface area (Å²) in [4.78, 5) is 33.6. The van der Waals surface area contributed by atoms with Crippen LogP contribution in [0, 0.1) is 23.0 Å². The topological polar surface area (TPSA) is 95.1 Å². The Labute approximate surface area is 211 Å². The van der Waals surface area contributed by atoms with Crippen LogP contribution in [0.3, 0.4) is 0 Å². The van der Waals surface area contributed by atoms with Crippen LogP contribution in [0.2, 0.25) is 0 Å². The van der Waals surface area contributed by atoms with Gasteiger partial charge in [-0.2, -0.15) is 5.26 Å². The summed E-state index contributed by atoms with van der Waals surface area (Å²) in [5.41, 5.74) is 2.16. The highest BCUT2D eigenvalue weighted by atomic mass is 19.1. The molecule has 0 bridgehead atoms. The molecule has 10 heteroatoms. The van der Waals surface area contributed by atoms with Crippen LogP contribution in [-0.4, -0.2) is 51.1 Å². The van der Waals surface area contributed by atoms with Crippen LogP contribution in [0.15, 0.2) is 72.8 Å². The number of anilines is 1. The zero-order chi connectivity index (χ0) is 25.9. The Morgan fingerprint density at radius 3 is 2.27 bits per heavy atom. The third-order valence-electron chi connectivity index (χ3n) is 6.02. The first-order valence-electron chi connectivity index (χ1n) is 11.5. The predicted octanol–water partition coefficient (Wildman–Crippen LogP) is 3.64. The van der Waals surface area contributed by atoms with Gasteiger partial charge >= 0.3 is 0 Å². The quantitative estimate of drug-likeness (QED) is 0.419. The van der Waals surface area contributed by atoms with Gasteiger partial charge in [0.15, 0.2) is 11.6 Å². The molecule has 1 saturated heterocycles. The second kappa shape index (κ2) is 9.99. The van der Waals surface area contributed by atoms with Crippen molar-refractivity contribution < 1.29 is 18.4 Å². The lowest BCUT2D eigenvalue weighted by Gasteiger charge is -2.34. The van der Waals surface area contributed by atoms with Crippen LogP contribution in [-0.2, 0) is 16.1 Å². The van der Waals surface area contributed by atoms with E-state index < -0.39 is 11.6 Å². The highest BCUT2D eigenvalue weighted by molar-refractivity contribution is 5.98. The molecular weight excluding hydrogens is 478 g/mol. The van der Waals surface area contributed by atoms with Crippen molar-refractivity contribution >= 4 is 17.5 Å². The highest BCUT2D eigenvalue weighted by Gasteiger charge is 2.29. The average Bonchev–Trinajstić information content (AvgIpc) is 3.33. The van der Waals surface area contributed by atoms with Gasteiger partial charge in [-0.15, -0.1) is 5.10 Å². The molecule has 2 amide bonds. The SMILES string of the molecule is N#Cc1cccc(N2CCN(C(=O)Cn3nc(-c4ccc(F)cc4)nc3-c3ccc(F)cc3)CC2=O)c1. The molecule has 0 spiro atoms. The van der Waals surface area contributed by atoms with E-state index >= 15 is 0 Å². The van der Waals surface area contributed by atoms with Gasteiger partial charge in [0.05, 0.1) is 11.6 Å². The lowest BCUT2D eigenvalue weighted by molar-refractivity contribution is -0.137. The number of carbonyl (C=O) groups excluding carboxylic acids is 2. The molecule has 1 aliphatic rings. The molecule has 3 aromatic carbocycles. The van der Waals surface area contributed by atoms with Gasteiger partial charge in [-0.05, 0) is 66.7 Å². The number of hydrogen-bond acceptors (Lipinski definition) is 5. The number of carbonyl (C=O) groups is 2. The number of nitriles is 1. The van der Waals surface area contributed by atoms with Crippen LogP contribution >= 0.6 is 0 Å². The summed E-state index contributed by atoms with van der Waals surface area (Å²) < 4.78 is 28.3. The lowest BCUT2D eigenvalue weighted by Crippen LogP contribution is -2.53. The molecule has 1 fully saturated rings. The minimum Gasteiger partial charge on any atom is -0.330 e. The Hall–Kier alpha value is -4.91. The van der Waals surface area contributed by atoms with E-state index in [1.165, 1.54) is 58.1 Å². The maximum atomic E-state index is 13.5. The molecule has 2 heterocycles. The summed E-state index contributed by atoms with van der Waals surface area (Å²) in [6.45, 7) is 0.258. The van der Waals surface area contributed by atoms with Gasteiger partial charge in [0, 0.05) is 29.9 Å². The molecule has 1 aromatic heterocycles. The molecule has 0 N–H and O–H groups in total. The maximum absolute atomic E-state index is 13.5. The Balaban J connectivity index is 1.37. The largest absolute Gasteiger partial charge is 0.330 e. The van der Waals surface area contributed by atoms with Gasteiger partial charge in [0.1, 0.15) is 24.7 Å². The summed E-state index contributed by atoms with van der Waals surface area (Å²) >= 11 is 0. The summed E-state index contributed by atoms with van der Waals surface area (Å²) in [5, 5.41) is 13.6. The molecule has 0 unspecified atom stereocenters. The number of benzene rings is 3. The summed E-state index contributed by atoms with van der Waals surface area (Å²) in [6, 6.07) is 20.1. The number of hydrogen-bond donors (Lipinski definition) is 0. The fourth-order valence-electron chi connectivity index (χ4n) is 4.12. The van der Waals surface area contributed by atoms with Gasteiger partial charge in [-0.1, -0.05) is 6.07 Å². The Morgan fingerprint density at radius 1 is 0.946 bits per heavy atom. The lowest BCUT2D eigenvalue weighted by atomic mass is 10.2. The second-order valence-electron chi connectivity index (χ2n) is 8.45. The fraction of sp³-hybridized carbons (Fsp3) is 0.148. The van der Waals surface area contributed by atoms with Crippen LogP contribution in [0.25, 0.3) is 22.8 Å². The van der Waals surface area contributed by atoms with Crippen LogP contribution in [0.4, 0.5) is 14.5 Å². The molecule has 0 atom stereocenters. The molecule has 37 heavy (non-hydrogen) atoms. The zero-order valence-corrected chi connectivity index (χ0v) is 19.5. The zero-order valence-electron chi connectivity index (χ0n) is 19.5. The van der Waals surface area contributed by atoms with Crippen molar-refractivity contribution in [1.29, 1.82) is 5.26 Å². The summed E-state index contributed by atoms with van der Waals surface area (Å²) in [6.07, 6.45) is 0. The van der Waals surface area contributed by atoms with Crippen molar-refractivity contribution in [2.24, 2.45) is 0 Å². The first-order chi connectivity index (χ1) is 17.9. The van der Waals surface area contributed by atoms with Crippen molar-refractivity contribution in [2.45, 2.75) is 6.54 Å².